The van der Waals surface area contributed by atoms with E-state index in [0.717, 1.165) is 0 Å². The van der Waals surface area contributed by atoms with Crippen molar-refractivity contribution in [1.29, 1.82) is 0 Å². The lowest BCUT2D eigenvalue weighted by Crippen LogP contribution is -2.18. The first-order valence-electron chi connectivity index (χ1n) is 9.63. The minimum absolute atomic E-state index is 0.00320. The van der Waals surface area contributed by atoms with E-state index in [0.29, 0.717) is 21.4 Å². The van der Waals surface area contributed by atoms with E-state index in [2.05, 4.69) is 20.2 Å². The van der Waals surface area contributed by atoms with Crippen LogP contribution in [0.3, 0.4) is 0 Å². The summed E-state index contributed by atoms with van der Waals surface area (Å²) in [7, 11) is -2.49. The third-order valence-corrected chi connectivity index (χ3v) is 6.54. The molecule has 0 bridgehead atoms. The van der Waals surface area contributed by atoms with Gasteiger partial charge in [0.2, 0.25) is 0 Å². The minimum Gasteiger partial charge on any atom is -0.497 e. The largest absolute Gasteiger partial charge is 0.497 e. The first-order valence-corrected chi connectivity index (χ1v) is 11.9. The molecule has 9 nitrogen and oxygen atoms in total. The van der Waals surface area contributed by atoms with Gasteiger partial charge in [0, 0.05) is 5.02 Å². The van der Waals surface area contributed by atoms with Gasteiger partial charge in [-0.25, -0.2) is 8.42 Å². The van der Waals surface area contributed by atoms with E-state index in [1.807, 2.05) is 0 Å². The van der Waals surface area contributed by atoms with Crippen LogP contribution >= 0.6 is 23.2 Å². The third kappa shape index (κ3) is 5.14. The molecule has 1 heterocycles. The Labute approximate surface area is 204 Å². The first-order chi connectivity index (χ1) is 16.3. The van der Waals surface area contributed by atoms with Gasteiger partial charge in [-0.2, -0.15) is 0 Å². The van der Waals surface area contributed by atoms with E-state index >= 15 is 0 Å². The van der Waals surface area contributed by atoms with Gasteiger partial charge in [0.05, 0.1) is 33.8 Å². The number of methoxy groups -OCH3 is 1. The van der Waals surface area contributed by atoms with Crippen molar-refractivity contribution in [3.63, 3.8) is 0 Å². The molecule has 34 heavy (non-hydrogen) atoms. The number of nitrogens with zero attached hydrogens (tertiary/aromatic N) is 2. The summed E-state index contributed by atoms with van der Waals surface area (Å²) in [5.74, 6) is -0.103. The van der Waals surface area contributed by atoms with E-state index in [9.17, 15) is 13.2 Å². The molecule has 0 saturated heterocycles. The van der Waals surface area contributed by atoms with Crippen LogP contribution in [0.4, 0.5) is 11.7 Å². The standard InChI is InChI=1S/C22H16Cl2N4O5S/c1-32-14-7-9-15(10-8-14)34(30,31)28-19-5-3-2-4-16(19)20(29)25-22-27-26-21(33-22)17-12-13(23)6-11-18(17)24/h2-12,28H,1H3,(H,25,27,29). The number of hydrogen-bond donors (Lipinski definition) is 2. The number of carbonyl (C=O) groups is 1. The van der Waals surface area contributed by atoms with Crippen LogP contribution in [-0.2, 0) is 10.0 Å². The van der Waals surface area contributed by atoms with Crippen molar-refractivity contribution < 1.29 is 22.4 Å². The summed E-state index contributed by atoms with van der Waals surface area (Å²) in [5.41, 5.74) is 0.503. The van der Waals surface area contributed by atoms with Gasteiger partial charge in [-0.05, 0) is 54.6 Å². The number of aromatic nitrogens is 2. The number of ether oxygens (including phenoxy) is 1. The molecule has 0 radical (unpaired) electrons. The molecule has 1 aromatic heterocycles. The second kappa shape index (κ2) is 9.72. The molecule has 0 fully saturated rings. The normalized spacial score (nSPS) is 11.1. The molecule has 0 saturated carbocycles. The van der Waals surface area contributed by atoms with Crippen LogP contribution in [0.2, 0.25) is 10.0 Å². The third-order valence-electron chi connectivity index (χ3n) is 4.59. The molecule has 3 aromatic carbocycles. The fourth-order valence-electron chi connectivity index (χ4n) is 2.94. The number of carbonyl (C=O) groups excluding carboxylic acids is 1. The smallest absolute Gasteiger partial charge is 0.322 e. The molecule has 0 aliphatic carbocycles. The lowest BCUT2D eigenvalue weighted by molar-refractivity contribution is 0.102. The van der Waals surface area contributed by atoms with Crippen molar-refractivity contribution in [1.82, 2.24) is 10.2 Å². The number of halogens is 2. The van der Waals surface area contributed by atoms with E-state index in [1.165, 1.54) is 43.5 Å². The highest BCUT2D eigenvalue weighted by molar-refractivity contribution is 7.92. The van der Waals surface area contributed by atoms with Crippen molar-refractivity contribution in [2.45, 2.75) is 4.90 Å². The maximum atomic E-state index is 12.9. The summed E-state index contributed by atoms with van der Waals surface area (Å²) in [6.07, 6.45) is 0. The van der Waals surface area contributed by atoms with Crippen molar-refractivity contribution in [2.75, 3.05) is 17.1 Å². The number of sulfonamides is 1. The Kier molecular flexibility index (Phi) is 6.73. The van der Waals surface area contributed by atoms with Crippen LogP contribution in [0.1, 0.15) is 10.4 Å². The predicted molar refractivity (Wildman–Crippen MR) is 128 cm³/mol. The van der Waals surface area contributed by atoms with Gasteiger partial charge in [-0.3, -0.25) is 14.8 Å². The number of rotatable bonds is 7. The summed E-state index contributed by atoms with van der Waals surface area (Å²) < 4.78 is 38.6. The van der Waals surface area contributed by atoms with E-state index < -0.39 is 15.9 Å². The minimum atomic E-state index is -3.97. The summed E-state index contributed by atoms with van der Waals surface area (Å²) >= 11 is 12.1. The average Bonchev–Trinajstić information content (AvgIpc) is 3.29. The molecule has 174 valence electrons. The second-order valence-electron chi connectivity index (χ2n) is 6.82. The fraction of sp³-hybridized carbons (Fsp3) is 0.0455. The van der Waals surface area contributed by atoms with Gasteiger partial charge in [0.15, 0.2) is 0 Å². The maximum Gasteiger partial charge on any atom is 0.322 e. The Hall–Kier alpha value is -3.60. The zero-order valence-electron chi connectivity index (χ0n) is 17.5. The van der Waals surface area contributed by atoms with Gasteiger partial charge in [0.1, 0.15) is 5.75 Å². The quantitative estimate of drug-likeness (QED) is 0.348. The summed E-state index contributed by atoms with van der Waals surface area (Å²) in [5, 5.41) is 10.9. The molecule has 0 spiro atoms. The molecule has 0 atom stereocenters. The number of anilines is 2. The highest BCUT2D eigenvalue weighted by atomic mass is 35.5. The molecule has 12 heteroatoms. The summed E-state index contributed by atoms with van der Waals surface area (Å²) in [4.78, 5) is 12.9. The molecule has 2 N–H and O–H groups in total. The molecular weight excluding hydrogens is 503 g/mol. The molecule has 4 aromatic rings. The zero-order chi connectivity index (χ0) is 24.3. The number of hydrogen-bond acceptors (Lipinski definition) is 7. The Morgan fingerprint density at radius 2 is 1.74 bits per heavy atom. The molecule has 1 amide bonds. The highest BCUT2D eigenvalue weighted by Gasteiger charge is 2.21. The Morgan fingerprint density at radius 1 is 1.00 bits per heavy atom. The molecular formula is C22H16Cl2N4O5S. The molecule has 0 aliphatic heterocycles. The molecule has 0 aliphatic rings. The lowest BCUT2D eigenvalue weighted by atomic mass is 10.2. The van der Waals surface area contributed by atoms with Gasteiger partial charge >= 0.3 is 6.01 Å². The average molecular weight is 519 g/mol. The monoisotopic (exact) mass is 518 g/mol. The Morgan fingerprint density at radius 3 is 2.47 bits per heavy atom. The Balaban J connectivity index is 1.55. The molecule has 0 unspecified atom stereocenters. The van der Waals surface area contributed by atoms with Crippen LogP contribution < -0.4 is 14.8 Å². The van der Waals surface area contributed by atoms with Gasteiger partial charge in [0.25, 0.3) is 21.8 Å². The predicted octanol–water partition coefficient (Wildman–Crippen LogP) is 5.11. The lowest BCUT2D eigenvalue weighted by Gasteiger charge is -2.12. The van der Waals surface area contributed by atoms with Crippen molar-refractivity contribution in [3.8, 4) is 17.2 Å². The number of amides is 1. The van der Waals surface area contributed by atoms with Crippen LogP contribution in [-0.4, -0.2) is 31.6 Å². The summed E-state index contributed by atoms with van der Waals surface area (Å²) in [6.45, 7) is 0. The van der Waals surface area contributed by atoms with Gasteiger partial charge in [-0.15, -0.1) is 5.10 Å². The van der Waals surface area contributed by atoms with Crippen LogP contribution in [0.15, 0.2) is 76.0 Å². The van der Waals surface area contributed by atoms with Crippen LogP contribution in [0, 0.1) is 0 Å². The van der Waals surface area contributed by atoms with Crippen LogP contribution in [0.5, 0.6) is 5.75 Å². The number of nitrogens with one attached hydrogen (secondary N) is 2. The molecule has 4 rings (SSSR count). The number of benzene rings is 3. The zero-order valence-corrected chi connectivity index (χ0v) is 19.8. The SMILES string of the molecule is COc1ccc(S(=O)(=O)Nc2ccccc2C(=O)Nc2nnc(-c3cc(Cl)ccc3Cl)o2)cc1. The van der Waals surface area contributed by atoms with E-state index in [1.54, 1.807) is 30.3 Å². The van der Waals surface area contributed by atoms with Crippen LogP contribution in [0.25, 0.3) is 11.5 Å². The van der Waals surface area contributed by atoms with Crippen molar-refractivity contribution in [3.05, 3.63) is 82.3 Å². The van der Waals surface area contributed by atoms with Crippen molar-refractivity contribution in [2.24, 2.45) is 0 Å². The summed E-state index contributed by atoms with van der Waals surface area (Å²) in [6, 6.07) is 16.4. The number of para-hydroxylation sites is 1. The van der Waals surface area contributed by atoms with E-state index in [4.69, 9.17) is 32.4 Å². The second-order valence-corrected chi connectivity index (χ2v) is 9.34. The fourth-order valence-corrected chi connectivity index (χ4v) is 4.39. The first kappa shape index (κ1) is 23.6. The van der Waals surface area contributed by atoms with Crippen molar-refractivity contribution >= 4 is 50.8 Å². The topological polar surface area (TPSA) is 123 Å². The highest BCUT2D eigenvalue weighted by Crippen LogP contribution is 2.30. The van der Waals surface area contributed by atoms with Gasteiger partial charge in [-0.1, -0.05) is 40.4 Å². The maximum absolute atomic E-state index is 12.9. The van der Waals surface area contributed by atoms with Gasteiger partial charge < -0.3 is 9.15 Å². The van der Waals surface area contributed by atoms with E-state index in [-0.39, 0.29) is 28.1 Å². The Bertz CT molecular complexity index is 1460.